The van der Waals surface area contributed by atoms with Crippen LogP contribution in [0.4, 0.5) is 15.0 Å². The molecule has 2 saturated heterocycles. The molecule has 4 heterocycles. The minimum Gasteiger partial charge on any atom is -0.457 e. The number of hydrogen-bond acceptors (Lipinski definition) is 8. The lowest BCUT2D eigenvalue weighted by atomic mass is 10.0. The minimum atomic E-state index is -0.534. The zero-order valence-corrected chi connectivity index (χ0v) is 26.1. The molecule has 238 valence electrons. The number of nitrogen functional groups attached to an aromatic ring is 1. The molecule has 0 aliphatic carbocycles. The van der Waals surface area contributed by atoms with Crippen molar-refractivity contribution in [2.75, 3.05) is 25.4 Å². The molecule has 2 aromatic heterocycles. The summed E-state index contributed by atoms with van der Waals surface area (Å²) in [7, 11) is 0. The van der Waals surface area contributed by atoms with Crippen LogP contribution in [0, 0.1) is 23.1 Å². The fourth-order valence-corrected chi connectivity index (χ4v) is 6.15. The van der Waals surface area contributed by atoms with Crippen molar-refractivity contribution in [3.05, 3.63) is 72.4 Å². The highest BCUT2D eigenvalue weighted by atomic mass is 19.1. The van der Waals surface area contributed by atoms with Crippen molar-refractivity contribution in [3.63, 3.8) is 0 Å². The number of amides is 2. The molecule has 2 N–H and O–H groups in total. The van der Waals surface area contributed by atoms with Gasteiger partial charge in [0.25, 0.3) is 0 Å². The van der Waals surface area contributed by atoms with E-state index in [1.807, 2.05) is 45.0 Å². The van der Waals surface area contributed by atoms with Crippen LogP contribution >= 0.6 is 0 Å². The van der Waals surface area contributed by atoms with E-state index in [9.17, 15) is 10.1 Å². The Bertz CT molecular complexity index is 1800. The largest absolute Gasteiger partial charge is 0.457 e. The topological polar surface area (TPSA) is 135 Å². The summed E-state index contributed by atoms with van der Waals surface area (Å²) in [5.41, 5.74) is 7.66. The van der Waals surface area contributed by atoms with Gasteiger partial charge in [0.15, 0.2) is 5.65 Å². The van der Waals surface area contributed by atoms with Crippen molar-refractivity contribution < 1.29 is 18.7 Å². The number of urea groups is 1. The summed E-state index contributed by atoms with van der Waals surface area (Å²) in [4.78, 5) is 26.2. The van der Waals surface area contributed by atoms with Gasteiger partial charge in [0.2, 0.25) is 0 Å². The van der Waals surface area contributed by atoms with Gasteiger partial charge in [-0.15, -0.1) is 0 Å². The molecule has 4 aromatic rings. The summed E-state index contributed by atoms with van der Waals surface area (Å²) in [6.45, 7) is 7.19. The van der Waals surface area contributed by atoms with Crippen LogP contribution in [0.25, 0.3) is 22.3 Å². The third-order valence-electron chi connectivity index (χ3n) is 8.42. The standard InChI is InChI=1S/C34H37FN8O3/c1-4-29-28(19-45-29)42(23(17-36)15-21(2)3)34(44)41-14-8-9-22(18-41)43-33-30(32(37)38-20-39-33)31(40-43)26-13-12-25(16-27(26)35)46-24-10-6-5-7-11-24/h5-7,10-13,15-16,20-22,28-29H,4,8-9,14,18-19H2,1-3H3,(H2,37,38,39)/t22?,28-,29?/m1/s1. The summed E-state index contributed by atoms with van der Waals surface area (Å²) < 4.78 is 28.9. The molecule has 2 unspecified atom stereocenters. The van der Waals surface area contributed by atoms with E-state index in [1.54, 1.807) is 38.7 Å². The number of carbonyl (C=O) groups is 1. The number of anilines is 1. The van der Waals surface area contributed by atoms with Crippen molar-refractivity contribution in [1.29, 1.82) is 5.26 Å². The fourth-order valence-electron chi connectivity index (χ4n) is 6.15. The van der Waals surface area contributed by atoms with Gasteiger partial charge in [-0.25, -0.2) is 23.8 Å². The Kier molecular flexibility index (Phi) is 8.85. The number of allylic oxidation sites excluding steroid dienone is 2. The number of hydrogen-bond donors (Lipinski definition) is 1. The van der Waals surface area contributed by atoms with Gasteiger partial charge < -0.3 is 20.1 Å². The van der Waals surface area contributed by atoms with Gasteiger partial charge in [-0.05, 0) is 55.5 Å². The van der Waals surface area contributed by atoms with Crippen LogP contribution in [-0.2, 0) is 4.74 Å². The van der Waals surface area contributed by atoms with E-state index in [4.69, 9.17) is 20.3 Å². The molecular weight excluding hydrogens is 587 g/mol. The highest BCUT2D eigenvalue weighted by Crippen LogP contribution is 2.37. The van der Waals surface area contributed by atoms with Gasteiger partial charge in [0, 0.05) is 24.7 Å². The second-order valence-corrected chi connectivity index (χ2v) is 12.0. The summed E-state index contributed by atoms with van der Waals surface area (Å²) in [6.07, 6.45) is 5.20. The molecule has 11 nitrogen and oxygen atoms in total. The zero-order valence-electron chi connectivity index (χ0n) is 26.1. The lowest BCUT2D eigenvalue weighted by molar-refractivity contribution is -0.117. The van der Waals surface area contributed by atoms with E-state index in [0.29, 0.717) is 66.5 Å². The third-order valence-corrected chi connectivity index (χ3v) is 8.42. The van der Waals surface area contributed by atoms with Crippen molar-refractivity contribution in [3.8, 4) is 28.8 Å². The first-order valence-electron chi connectivity index (χ1n) is 15.6. The van der Waals surface area contributed by atoms with Crippen LogP contribution < -0.4 is 10.5 Å². The Morgan fingerprint density at radius 1 is 1.24 bits per heavy atom. The number of halogens is 1. The number of nitrogens with zero attached hydrogens (tertiary/aromatic N) is 7. The van der Waals surface area contributed by atoms with Gasteiger partial charge in [-0.2, -0.15) is 10.4 Å². The van der Waals surface area contributed by atoms with Crippen molar-refractivity contribution in [2.45, 2.75) is 58.2 Å². The van der Waals surface area contributed by atoms with Crippen LogP contribution in [-0.4, -0.2) is 67.4 Å². The minimum absolute atomic E-state index is 0.0819. The van der Waals surface area contributed by atoms with Gasteiger partial charge in [0.05, 0.1) is 30.2 Å². The number of aromatic nitrogens is 4. The first-order chi connectivity index (χ1) is 22.3. The first kappa shape index (κ1) is 31.0. The van der Waals surface area contributed by atoms with Crippen LogP contribution in [0.3, 0.4) is 0 Å². The van der Waals surface area contributed by atoms with Gasteiger partial charge in [-0.1, -0.05) is 39.0 Å². The summed E-state index contributed by atoms with van der Waals surface area (Å²) in [6, 6.07) is 15.3. The van der Waals surface area contributed by atoms with Crippen LogP contribution in [0.2, 0.25) is 0 Å². The number of ether oxygens (including phenoxy) is 2. The molecule has 0 bridgehead atoms. The molecule has 0 radical (unpaired) electrons. The lowest BCUT2D eigenvalue weighted by Crippen LogP contribution is -2.60. The Hall–Kier alpha value is -5.02. The molecule has 2 aromatic carbocycles. The molecule has 0 saturated carbocycles. The molecular formula is C34H37FN8O3. The third kappa shape index (κ3) is 5.98. The lowest BCUT2D eigenvalue weighted by Gasteiger charge is -2.46. The van der Waals surface area contributed by atoms with Gasteiger partial charge >= 0.3 is 6.03 Å². The maximum absolute atomic E-state index is 15.7. The Morgan fingerprint density at radius 3 is 2.72 bits per heavy atom. The number of likely N-dealkylation sites (tertiary alicyclic amines) is 1. The van der Waals surface area contributed by atoms with E-state index >= 15 is 4.39 Å². The smallest absolute Gasteiger partial charge is 0.325 e. The average Bonchev–Trinajstić information content (AvgIpc) is 3.43. The number of para-hydroxylation sites is 1. The molecule has 2 fully saturated rings. The van der Waals surface area contributed by atoms with Crippen LogP contribution in [0.15, 0.2) is 66.6 Å². The number of rotatable bonds is 8. The monoisotopic (exact) mass is 624 g/mol. The van der Waals surface area contributed by atoms with Crippen LogP contribution in [0.1, 0.15) is 46.1 Å². The van der Waals surface area contributed by atoms with E-state index < -0.39 is 5.82 Å². The Labute approximate surface area is 267 Å². The second-order valence-electron chi connectivity index (χ2n) is 12.0. The van der Waals surface area contributed by atoms with Crippen molar-refractivity contribution in [2.24, 2.45) is 5.92 Å². The number of nitrogens with two attached hydrogens (primary N) is 1. The van der Waals surface area contributed by atoms with E-state index in [-0.39, 0.29) is 41.5 Å². The first-order valence-corrected chi connectivity index (χ1v) is 15.6. The summed E-state index contributed by atoms with van der Waals surface area (Å²) in [5.74, 6) is 0.663. The highest BCUT2D eigenvalue weighted by Gasteiger charge is 2.42. The molecule has 0 spiro atoms. The Morgan fingerprint density at radius 2 is 2.04 bits per heavy atom. The van der Waals surface area contributed by atoms with Crippen LogP contribution in [0.5, 0.6) is 11.5 Å². The molecule has 12 heteroatoms. The molecule has 6 rings (SSSR count). The number of nitriles is 1. The highest BCUT2D eigenvalue weighted by molar-refractivity contribution is 5.98. The molecule has 46 heavy (non-hydrogen) atoms. The number of carbonyl (C=O) groups excluding carboxylic acids is 1. The molecule has 2 aliphatic heterocycles. The summed E-state index contributed by atoms with van der Waals surface area (Å²) in [5, 5.41) is 15.4. The predicted molar refractivity (Wildman–Crippen MR) is 171 cm³/mol. The van der Waals surface area contributed by atoms with E-state index in [0.717, 1.165) is 6.42 Å². The summed E-state index contributed by atoms with van der Waals surface area (Å²) >= 11 is 0. The quantitative estimate of drug-likeness (QED) is 0.226. The number of piperidine rings is 1. The van der Waals surface area contributed by atoms with Gasteiger partial charge in [0.1, 0.15) is 46.9 Å². The molecule has 3 atom stereocenters. The number of fused-ring (bicyclic) bond motifs is 1. The average molecular weight is 625 g/mol. The van der Waals surface area contributed by atoms with E-state index in [2.05, 4.69) is 16.0 Å². The van der Waals surface area contributed by atoms with Crippen molar-refractivity contribution >= 4 is 22.9 Å². The maximum atomic E-state index is 15.7. The second kappa shape index (κ2) is 13.1. The zero-order chi connectivity index (χ0) is 32.4. The SMILES string of the molecule is CCC1OC[C@H]1N(C(=O)N1CCCC(n2nc(-c3ccc(Oc4ccccc4)cc3F)c3c(N)ncnc32)C1)C(C#N)=CC(C)C. The number of benzene rings is 2. The van der Waals surface area contributed by atoms with Gasteiger partial charge in [-0.3, -0.25) is 4.90 Å². The normalized spacial score (nSPS) is 20.0. The predicted octanol–water partition coefficient (Wildman–Crippen LogP) is 6.31. The Balaban J connectivity index is 1.32. The molecule has 2 aliphatic rings. The molecule has 2 amide bonds. The van der Waals surface area contributed by atoms with E-state index in [1.165, 1.54) is 12.4 Å². The fraction of sp³-hybridized carbons (Fsp3) is 0.382. The van der Waals surface area contributed by atoms with Crippen molar-refractivity contribution in [1.82, 2.24) is 29.5 Å². The maximum Gasteiger partial charge on any atom is 0.325 e.